The van der Waals surface area contributed by atoms with Gasteiger partial charge < -0.3 is 20.4 Å². The van der Waals surface area contributed by atoms with E-state index < -0.39 is 0 Å². The number of piperazine rings is 1. The van der Waals surface area contributed by atoms with Gasteiger partial charge in [0.05, 0.1) is 12.4 Å². The molecule has 2 N–H and O–H groups in total. The number of carbonyl (C=O) groups excluding carboxylic acids is 1. The Labute approximate surface area is 166 Å². The maximum atomic E-state index is 12.4. The van der Waals surface area contributed by atoms with Crippen molar-refractivity contribution in [1.29, 1.82) is 0 Å². The monoisotopic (exact) mass is 380 g/mol. The van der Waals surface area contributed by atoms with Crippen molar-refractivity contribution in [3.05, 3.63) is 42.4 Å². The fourth-order valence-corrected chi connectivity index (χ4v) is 3.81. The molecule has 4 rings (SSSR count). The van der Waals surface area contributed by atoms with Gasteiger partial charge in [0.1, 0.15) is 11.5 Å². The van der Waals surface area contributed by atoms with E-state index in [1.165, 1.54) is 37.6 Å². The Kier molecular flexibility index (Phi) is 5.71. The Balaban J connectivity index is 1.32. The third kappa shape index (κ3) is 4.59. The first-order chi connectivity index (χ1) is 13.7. The van der Waals surface area contributed by atoms with Crippen molar-refractivity contribution in [2.24, 2.45) is 0 Å². The molecule has 1 aliphatic heterocycles. The minimum absolute atomic E-state index is 0.243. The molecule has 1 saturated carbocycles. The Bertz CT molecular complexity index is 778. The molecule has 2 fully saturated rings. The molecule has 0 atom stereocenters. The van der Waals surface area contributed by atoms with Crippen molar-refractivity contribution in [3.63, 3.8) is 0 Å². The second-order valence-corrected chi connectivity index (χ2v) is 7.70. The molecule has 1 aliphatic carbocycles. The number of likely N-dealkylation sites (N-methyl/N-ethyl adjacent to an activating group) is 1. The summed E-state index contributed by atoms with van der Waals surface area (Å²) < 4.78 is 0. The van der Waals surface area contributed by atoms with Gasteiger partial charge in [0.15, 0.2) is 0 Å². The van der Waals surface area contributed by atoms with Crippen LogP contribution in [-0.2, 0) is 0 Å². The zero-order chi connectivity index (χ0) is 19.3. The summed E-state index contributed by atoms with van der Waals surface area (Å²) in [6.45, 7) is 4.20. The second kappa shape index (κ2) is 8.56. The molecule has 0 spiro atoms. The van der Waals surface area contributed by atoms with Crippen LogP contribution in [0.5, 0.6) is 0 Å². The Morgan fingerprint density at radius 2 is 1.71 bits per heavy atom. The van der Waals surface area contributed by atoms with Crippen LogP contribution in [0.1, 0.15) is 36.2 Å². The van der Waals surface area contributed by atoms with Gasteiger partial charge in [0.25, 0.3) is 5.91 Å². The van der Waals surface area contributed by atoms with Crippen LogP contribution in [-0.4, -0.2) is 60.0 Å². The summed E-state index contributed by atoms with van der Waals surface area (Å²) >= 11 is 0. The number of benzene rings is 1. The van der Waals surface area contributed by atoms with Gasteiger partial charge in [-0.15, -0.1) is 0 Å². The van der Waals surface area contributed by atoms with Crippen molar-refractivity contribution in [2.45, 2.75) is 31.7 Å². The van der Waals surface area contributed by atoms with Crippen LogP contribution < -0.4 is 15.5 Å². The van der Waals surface area contributed by atoms with E-state index in [0.717, 1.165) is 37.7 Å². The molecule has 7 nitrogen and oxygen atoms in total. The van der Waals surface area contributed by atoms with Crippen molar-refractivity contribution < 1.29 is 4.79 Å². The van der Waals surface area contributed by atoms with E-state index >= 15 is 0 Å². The van der Waals surface area contributed by atoms with Crippen LogP contribution in [0.25, 0.3) is 0 Å². The molecule has 2 aliphatic rings. The topological polar surface area (TPSA) is 73.4 Å². The normalized spacial score (nSPS) is 18.2. The van der Waals surface area contributed by atoms with Crippen molar-refractivity contribution in [3.8, 4) is 0 Å². The number of nitrogens with one attached hydrogen (secondary N) is 2. The van der Waals surface area contributed by atoms with Gasteiger partial charge in [-0.2, -0.15) is 0 Å². The number of anilines is 3. The van der Waals surface area contributed by atoms with Gasteiger partial charge in [-0.1, -0.05) is 12.8 Å². The maximum absolute atomic E-state index is 12.4. The van der Waals surface area contributed by atoms with E-state index in [0.29, 0.717) is 11.7 Å². The Morgan fingerprint density at radius 3 is 2.36 bits per heavy atom. The van der Waals surface area contributed by atoms with Crippen LogP contribution in [0, 0.1) is 0 Å². The number of rotatable bonds is 5. The summed E-state index contributed by atoms with van der Waals surface area (Å²) in [5, 5.41) is 6.28. The van der Waals surface area contributed by atoms with E-state index in [4.69, 9.17) is 0 Å². The molecule has 148 valence electrons. The van der Waals surface area contributed by atoms with E-state index in [1.54, 1.807) is 6.20 Å². The summed E-state index contributed by atoms with van der Waals surface area (Å²) in [6, 6.07) is 8.47. The van der Waals surface area contributed by atoms with Gasteiger partial charge in [0, 0.05) is 43.6 Å². The van der Waals surface area contributed by atoms with E-state index in [-0.39, 0.29) is 5.91 Å². The number of hydrogen-bond acceptors (Lipinski definition) is 6. The summed E-state index contributed by atoms with van der Waals surface area (Å²) in [5.41, 5.74) is 2.27. The molecule has 28 heavy (non-hydrogen) atoms. The first-order valence-electron chi connectivity index (χ1n) is 10.1. The average molecular weight is 380 g/mol. The Hall–Kier alpha value is -2.67. The van der Waals surface area contributed by atoms with Gasteiger partial charge in [-0.25, -0.2) is 9.97 Å². The van der Waals surface area contributed by atoms with Gasteiger partial charge in [-0.05, 0) is 44.2 Å². The largest absolute Gasteiger partial charge is 0.369 e. The zero-order valence-electron chi connectivity index (χ0n) is 16.4. The average Bonchev–Trinajstić information content (AvgIpc) is 3.23. The molecule has 1 aromatic carbocycles. The fraction of sp³-hybridized carbons (Fsp3) is 0.476. The summed E-state index contributed by atoms with van der Waals surface area (Å²) in [7, 11) is 2.15. The molecule has 1 aromatic heterocycles. The molecule has 1 saturated heterocycles. The van der Waals surface area contributed by atoms with Crippen LogP contribution in [0.15, 0.2) is 36.7 Å². The predicted molar refractivity (Wildman–Crippen MR) is 112 cm³/mol. The number of aromatic nitrogens is 2. The molecule has 2 aromatic rings. The van der Waals surface area contributed by atoms with Gasteiger partial charge in [0.2, 0.25) is 0 Å². The molecule has 0 bridgehead atoms. The highest BCUT2D eigenvalue weighted by atomic mass is 16.1. The first kappa shape index (κ1) is 18.7. The molecule has 7 heteroatoms. The SMILES string of the molecule is CN1CCN(c2ccc(NC(=O)c3cnc(NC4CCCC4)cn3)cc2)CC1. The molecule has 0 unspecified atom stereocenters. The number of amides is 1. The smallest absolute Gasteiger partial charge is 0.275 e. The van der Waals surface area contributed by atoms with Crippen LogP contribution in [0.4, 0.5) is 17.2 Å². The first-order valence-corrected chi connectivity index (χ1v) is 10.1. The van der Waals surface area contributed by atoms with Crippen molar-refractivity contribution >= 4 is 23.1 Å². The molecule has 2 heterocycles. The molecular formula is C21H28N6O. The standard InChI is InChI=1S/C21H28N6O/c1-26-10-12-27(13-11-26)18-8-6-17(7-9-18)25-21(28)19-14-23-20(15-22-19)24-16-4-2-3-5-16/h6-9,14-16H,2-5,10-13H2,1H3,(H,23,24)(H,25,28). The Morgan fingerprint density at radius 1 is 1.00 bits per heavy atom. The van der Waals surface area contributed by atoms with E-state index in [1.807, 2.05) is 12.1 Å². The highest BCUT2D eigenvalue weighted by Gasteiger charge is 2.16. The van der Waals surface area contributed by atoms with Crippen LogP contribution >= 0.6 is 0 Å². The third-order valence-electron chi connectivity index (χ3n) is 5.59. The zero-order valence-corrected chi connectivity index (χ0v) is 16.4. The van der Waals surface area contributed by atoms with Gasteiger partial charge >= 0.3 is 0 Å². The highest BCUT2D eigenvalue weighted by molar-refractivity contribution is 6.02. The quantitative estimate of drug-likeness (QED) is 0.831. The number of hydrogen-bond donors (Lipinski definition) is 2. The lowest BCUT2D eigenvalue weighted by Crippen LogP contribution is -2.44. The number of carbonyl (C=O) groups is 1. The maximum Gasteiger partial charge on any atom is 0.275 e. The second-order valence-electron chi connectivity index (χ2n) is 7.70. The molecular weight excluding hydrogens is 352 g/mol. The summed E-state index contributed by atoms with van der Waals surface area (Å²) in [5.74, 6) is 0.493. The lowest BCUT2D eigenvalue weighted by atomic mass is 10.2. The highest BCUT2D eigenvalue weighted by Crippen LogP contribution is 2.21. The van der Waals surface area contributed by atoms with E-state index in [2.05, 4.69) is 49.6 Å². The van der Waals surface area contributed by atoms with Crippen molar-refractivity contribution in [2.75, 3.05) is 48.8 Å². The van der Waals surface area contributed by atoms with Crippen LogP contribution in [0.2, 0.25) is 0 Å². The number of nitrogens with zero attached hydrogens (tertiary/aromatic N) is 4. The minimum Gasteiger partial charge on any atom is -0.369 e. The summed E-state index contributed by atoms with van der Waals surface area (Å²) in [4.78, 5) is 25.8. The van der Waals surface area contributed by atoms with E-state index in [9.17, 15) is 4.79 Å². The predicted octanol–water partition coefficient (Wildman–Crippen LogP) is 2.84. The lowest BCUT2D eigenvalue weighted by Gasteiger charge is -2.34. The van der Waals surface area contributed by atoms with Crippen molar-refractivity contribution in [1.82, 2.24) is 14.9 Å². The summed E-state index contributed by atoms with van der Waals surface area (Å²) in [6.07, 6.45) is 8.05. The van der Waals surface area contributed by atoms with Gasteiger partial charge in [-0.3, -0.25) is 4.79 Å². The lowest BCUT2D eigenvalue weighted by molar-refractivity contribution is 0.102. The molecule has 1 amide bonds. The molecule has 0 radical (unpaired) electrons. The third-order valence-corrected chi connectivity index (χ3v) is 5.59. The minimum atomic E-state index is -0.243. The fourth-order valence-electron chi connectivity index (χ4n) is 3.81. The van der Waals surface area contributed by atoms with Crippen LogP contribution in [0.3, 0.4) is 0 Å².